The number of benzene rings is 1. The molecule has 0 unspecified atom stereocenters. The lowest BCUT2D eigenvalue weighted by Gasteiger charge is -1.93. The lowest BCUT2D eigenvalue weighted by molar-refractivity contribution is 0.0697. The Morgan fingerprint density at radius 2 is 2.00 bits per heavy atom. The van der Waals surface area contributed by atoms with Crippen LogP contribution in [-0.2, 0) is 0 Å². The molecule has 1 aromatic carbocycles. The first-order valence-electron chi connectivity index (χ1n) is 4.58. The average molecular weight is 191 g/mol. The molecule has 2 aromatic rings. The van der Waals surface area contributed by atoms with Gasteiger partial charge in [-0.25, -0.2) is 4.79 Å². The predicted molar refractivity (Wildman–Crippen MR) is 56.6 cm³/mol. The zero-order chi connectivity index (χ0) is 10.6. The second-order valence-corrected chi connectivity index (χ2v) is 2.58. The summed E-state index contributed by atoms with van der Waals surface area (Å²) in [5.74, 6) is -0.891. The van der Waals surface area contributed by atoms with Gasteiger partial charge in [-0.05, 0) is 24.3 Å². The van der Waals surface area contributed by atoms with Gasteiger partial charge < -0.3 is 10.1 Å². The number of aromatic nitrogens is 1. The van der Waals surface area contributed by atoms with E-state index in [-0.39, 0.29) is 0 Å². The first kappa shape index (κ1) is 10.3. The number of fused-ring (bicyclic) bond motifs is 1. The van der Waals surface area contributed by atoms with Gasteiger partial charge in [-0.2, -0.15) is 0 Å². The van der Waals surface area contributed by atoms with Gasteiger partial charge >= 0.3 is 5.97 Å². The quantitative estimate of drug-likeness (QED) is 0.728. The highest BCUT2D eigenvalue weighted by Crippen LogP contribution is 2.13. The summed E-state index contributed by atoms with van der Waals surface area (Å²) in [7, 11) is 0. The van der Waals surface area contributed by atoms with E-state index in [1.54, 1.807) is 24.4 Å². The predicted octanol–water partition coefficient (Wildman–Crippen LogP) is 2.89. The first-order chi connectivity index (χ1) is 6.77. The van der Waals surface area contributed by atoms with E-state index in [0.717, 1.165) is 10.9 Å². The maximum absolute atomic E-state index is 10.6. The van der Waals surface area contributed by atoms with Crippen molar-refractivity contribution in [3.63, 3.8) is 0 Å². The van der Waals surface area contributed by atoms with Gasteiger partial charge in [-0.15, -0.1) is 0 Å². The molecule has 0 spiro atoms. The SMILES string of the molecule is CC.O=C(O)c1ccc2[nH]ccc2c1. The molecule has 0 saturated carbocycles. The van der Waals surface area contributed by atoms with Crippen molar-refractivity contribution in [2.24, 2.45) is 0 Å². The summed E-state index contributed by atoms with van der Waals surface area (Å²) in [6, 6.07) is 6.84. The number of aromatic amines is 1. The lowest BCUT2D eigenvalue weighted by atomic mass is 10.1. The van der Waals surface area contributed by atoms with Crippen molar-refractivity contribution in [2.75, 3.05) is 0 Å². The summed E-state index contributed by atoms with van der Waals surface area (Å²) < 4.78 is 0. The summed E-state index contributed by atoms with van der Waals surface area (Å²) in [5.41, 5.74) is 1.28. The smallest absolute Gasteiger partial charge is 0.335 e. The highest BCUT2D eigenvalue weighted by atomic mass is 16.4. The maximum atomic E-state index is 10.6. The number of H-pyrrole nitrogens is 1. The van der Waals surface area contributed by atoms with Crippen LogP contribution in [0.15, 0.2) is 30.5 Å². The van der Waals surface area contributed by atoms with Crippen molar-refractivity contribution < 1.29 is 9.90 Å². The molecule has 2 rings (SSSR count). The van der Waals surface area contributed by atoms with E-state index in [1.807, 2.05) is 19.9 Å². The molecule has 1 aromatic heterocycles. The van der Waals surface area contributed by atoms with E-state index in [0.29, 0.717) is 5.56 Å². The molecule has 0 bridgehead atoms. The third-order valence-electron chi connectivity index (χ3n) is 1.80. The number of carbonyl (C=O) groups is 1. The Hall–Kier alpha value is -1.77. The molecule has 0 amide bonds. The molecule has 2 N–H and O–H groups in total. The molecule has 0 fully saturated rings. The summed E-state index contributed by atoms with van der Waals surface area (Å²) in [6.07, 6.45) is 1.79. The Balaban J connectivity index is 0.000000461. The van der Waals surface area contributed by atoms with Crippen LogP contribution in [0.1, 0.15) is 24.2 Å². The summed E-state index contributed by atoms with van der Waals surface area (Å²) in [6.45, 7) is 4.00. The standard InChI is InChI=1S/C9H7NO2.C2H6/c11-9(12)7-1-2-8-6(5-7)3-4-10-8;1-2/h1-5,10H,(H,11,12);1-2H3. The van der Waals surface area contributed by atoms with E-state index in [9.17, 15) is 4.79 Å². The van der Waals surface area contributed by atoms with Crippen LogP contribution >= 0.6 is 0 Å². The van der Waals surface area contributed by atoms with Crippen LogP contribution < -0.4 is 0 Å². The number of nitrogens with one attached hydrogen (secondary N) is 1. The summed E-state index contributed by atoms with van der Waals surface area (Å²) in [5, 5.41) is 9.60. The van der Waals surface area contributed by atoms with Gasteiger partial charge in [-0.3, -0.25) is 0 Å². The van der Waals surface area contributed by atoms with Crippen LogP contribution in [0.5, 0.6) is 0 Å². The van der Waals surface area contributed by atoms with Gasteiger partial charge in [0.25, 0.3) is 0 Å². The van der Waals surface area contributed by atoms with Crippen LogP contribution in [0, 0.1) is 0 Å². The second-order valence-electron chi connectivity index (χ2n) is 2.58. The third kappa shape index (κ3) is 1.93. The number of carboxylic acid groups (broad SMARTS) is 1. The highest BCUT2D eigenvalue weighted by Gasteiger charge is 2.02. The number of carboxylic acids is 1. The van der Waals surface area contributed by atoms with Gasteiger partial charge in [0.2, 0.25) is 0 Å². The minimum atomic E-state index is -0.891. The largest absolute Gasteiger partial charge is 0.478 e. The molecule has 0 saturated heterocycles. The Kier molecular flexibility index (Phi) is 3.29. The van der Waals surface area contributed by atoms with E-state index in [4.69, 9.17) is 5.11 Å². The van der Waals surface area contributed by atoms with Crippen molar-refractivity contribution >= 4 is 16.9 Å². The van der Waals surface area contributed by atoms with E-state index >= 15 is 0 Å². The maximum Gasteiger partial charge on any atom is 0.335 e. The van der Waals surface area contributed by atoms with Crippen molar-refractivity contribution in [3.05, 3.63) is 36.0 Å². The van der Waals surface area contributed by atoms with Crippen molar-refractivity contribution in [1.29, 1.82) is 0 Å². The van der Waals surface area contributed by atoms with Crippen LogP contribution in [-0.4, -0.2) is 16.1 Å². The molecule has 3 heteroatoms. The first-order valence-corrected chi connectivity index (χ1v) is 4.58. The van der Waals surface area contributed by atoms with Crippen LogP contribution in [0.3, 0.4) is 0 Å². The van der Waals surface area contributed by atoms with Crippen LogP contribution in [0.2, 0.25) is 0 Å². The minimum Gasteiger partial charge on any atom is -0.478 e. The third-order valence-corrected chi connectivity index (χ3v) is 1.80. The van der Waals surface area contributed by atoms with Crippen molar-refractivity contribution in [1.82, 2.24) is 4.98 Å². The molecule has 1 heterocycles. The zero-order valence-electron chi connectivity index (χ0n) is 8.24. The molecular weight excluding hydrogens is 178 g/mol. The van der Waals surface area contributed by atoms with Gasteiger partial charge in [0.05, 0.1) is 5.56 Å². The molecule has 0 aliphatic heterocycles. The van der Waals surface area contributed by atoms with Crippen molar-refractivity contribution in [2.45, 2.75) is 13.8 Å². The monoisotopic (exact) mass is 191 g/mol. The van der Waals surface area contributed by atoms with E-state index < -0.39 is 5.97 Å². The van der Waals surface area contributed by atoms with Crippen LogP contribution in [0.25, 0.3) is 10.9 Å². The Morgan fingerprint density at radius 1 is 1.29 bits per heavy atom. The van der Waals surface area contributed by atoms with E-state index in [2.05, 4.69) is 4.98 Å². The number of rotatable bonds is 1. The van der Waals surface area contributed by atoms with E-state index in [1.165, 1.54) is 0 Å². The number of aromatic carboxylic acids is 1. The fraction of sp³-hybridized carbons (Fsp3) is 0.182. The normalized spacial score (nSPS) is 9.29. The zero-order valence-corrected chi connectivity index (χ0v) is 8.24. The number of hydrogen-bond donors (Lipinski definition) is 2. The summed E-state index contributed by atoms with van der Waals surface area (Å²) in [4.78, 5) is 13.5. The fourth-order valence-electron chi connectivity index (χ4n) is 1.19. The van der Waals surface area contributed by atoms with Crippen molar-refractivity contribution in [3.8, 4) is 0 Å². The fourth-order valence-corrected chi connectivity index (χ4v) is 1.19. The molecule has 3 nitrogen and oxygen atoms in total. The highest BCUT2D eigenvalue weighted by molar-refractivity contribution is 5.93. The number of hydrogen-bond acceptors (Lipinski definition) is 1. The lowest BCUT2D eigenvalue weighted by Crippen LogP contribution is -1.94. The minimum absolute atomic E-state index is 0.321. The summed E-state index contributed by atoms with van der Waals surface area (Å²) >= 11 is 0. The molecule has 0 aliphatic rings. The average Bonchev–Trinajstić information content (AvgIpc) is 2.67. The van der Waals surface area contributed by atoms with Gasteiger partial charge in [0.1, 0.15) is 0 Å². The topological polar surface area (TPSA) is 53.1 Å². The van der Waals surface area contributed by atoms with Gasteiger partial charge in [-0.1, -0.05) is 13.8 Å². The molecule has 0 aliphatic carbocycles. The molecule has 14 heavy (non-hydrogen) atoms. The molecule has 74 valence electrons. The molecular formula is C11H13NO2. The Morgan fingerprint density at radius 3 is 2.64 bits per heavy atom. The Bertz CT molecular complexity index is 432. The van der Waals surface area contributed by atoms with Gasteiger partial charge in [0, 0.05) is 17.1 Å². The van der Waals surface area contributed by atoms with Gasteiger partial charge in [0.15, 0.2) is 0 Å². The molecule has 0 atom stereocenters. The van der Waals surface area contributed by atoms with Crippen LogP contribution in [0.4, 0.5) is 0 Å². The Labute approximate surface area is 82.4 Å². The molecule has 0 radical (unpaired) electrons. The second kappa shape index (κ2) is 4.46.